The van der Waals surface area contributed by atoms with E-state index in [-0.39, 0.29) is 6.42 Å². The summed E-state index contributed by atoms with van der Waals surface area (Å²) in [5, 5.41) is 10.3. The summed E-state index contributed by atoms with van der Waals surface area (Å²) in [5.41, 5.74) is 0.806. The zero-order chi connectivity index (χ0) is 13.1. The van der Waals surface area contributed by atoms with E-state index in [4.69, 9.17) is 0 Å². The molecule has 0 fully saturated rings. The van der Waals surface area contributed by atoms with Crippen LogP contribution in [0.2, 0.25) is 0 Å². The zero-order valence-corrected chi connectivity index (χ0v) is 11.1. The van der Waals surface area contributed by atoms with Gasteiger partial charge in [0.25, 0.3) is 0 Å². The first-order valence-corrected chi connectivity index (χ1v) is 7.85. The number of rotatable bonds is 4. The molecule has 0 aliphatic rings. The van der Waals surface area contributed by atoms with Crippen LogP contribution in [0.3, 0.4) is 0 Å². The summed E-state index contributed by atoms with van der Waals surface area (Å²) >= 11 is 0. The fourth-order valence-electron chi connectivity index (χ4n) is 1.43. The van der Waals surface area contributed by atoms with Crippen molar-refractivity contribution in [3.05, 3.63) is 29.8 Å². The maximum absolute atomic E-state index is 11.8. The van der Waals surface area contributed by atoms with E-state index in [1.54, 1.807) is 37.6 Å². The van der Waals surface area contributed by atoms with Gasteiger partial charge in [0.2, 0.25) is 0 Å². The van der Waals surface area contributed by atoms with E-state index in [1.165, 1.54) is 7.11 Å². The van der Waals surface area contributed by atoms with E-state index in [0.717, 1.165) is 10.9 Å². The fraction of sp³-hybridized carbons (Fsp3) is 0.417. The quantitative estimate of drug-likeness (QED) is 0.645. The minimum atomic E-state index is -2.25. The standard InChI is InChI=1S/C12H17O4P/c1-16-12(14)11(13)8-9-4-6-10(7-5-9)17(2,3)15/h4-7,11,13H,8H2,1-3H3. The van der Waals surface area contributed by atoms with Crippen LogP contribution in [0.5, 0.6) is 0 Å². The van der Waals surface area contributed by atoms with E-state index < -0.39 is 19.2 Å². The predicted octanol–water partition coefficient (Wildman–Crippen LogP) is 1.01. The fourth-order valence-corrected chi connectivity index (χ4v) is 2.30. The van der Waals surface area contributed by atoms with Crippen LogP contribution >= 0.6 is 7.14 Å². The van der Waals surface area contributed by atoms with Crippen LogP contribution in [0.1, 0.15) is 5.56 Å². The van der Waals surface area contributed by atoms with Gasteiger partial charge in [0.15, 0.2) is 6.10 Å². The van der Waals surface area contributed by atoms with Gasteiger partial charge in [-0.25, -0.2) is 4.79 Å². The molecule has 94 valence electrons. The number of carbonyl (C=O) groups is 1. The molecule has 0 radical (unpaired) electrons. The largest absolute Gasteiger partial charge is 0.467 e. The summed E-state index contributed by atoms with van der Waals surface area (Å²) in [6, 6.07) is 7.06. The van der Waals surface area contributed by atoms with Gasteiger partial charge in [0.1, 0.15) is 7.14 Å². The number of aliphatic hydroxyl groups excluding tert-OH is 1. The Morgan fingerprint density at radius 2 is 1.88 bits per heavy atom. The minimum Gasteiger partial charge on any atom is -0.467 e. The van der Waals surface area contributed by atoms with Crippen LogP contribution in [0.15, 0.2) is 24.3 Å². The summed E-state index contributed by atoms with van der Waals surface area (Å²) in [6.45, 7) is 3.40. The van der Waals surface area contributed by atoms with E-state index in [0.29, 0.717) is 0 Å². The molecule has 0 saturated carbocycles. The predicted molar refractivity (Wildman–Crippen MR) is 67.3 cm³/mol. The number of hydrogen-bond acceptors (Lipinski definition) is 4. The smallest absolute Gasteiger partial charge is 0.335 e. The maximum atomic E-state index is 11.8. The average Bonchev–Trinajstić information content (AvgIpc) is 2.27. The molecule has 1 rings (SSSR count). The maximum Gasteiger partial charge on any atom is 0.335 e. The molecule has 0 spiro atoms. The van der Waals surface area contributed by atoms with Crippen molar-refractivity contribution >= 4 is 18.4 Å². The molecule has 17 heavy (non-hydrogen) atoms. The molecular formula is C12H17O4P. The van der Waals surface area contributed by atoms with E-state index in [9.17, 15) is 14.5 Å². The molecule has 1 aromatic carbocycles. The molecule has 0 bridgehead atoms. The molecule has 0 saturated heterocycles. The molecule has 5 heteroatoms. The zero-order valence-electron chi connectivity index (χ0n) is 10.2. The summed E-state index contributed by atoms with van der Waals surface area (Å²) in [4.78, 5) is 11.0. The van der Waals surface area contributed by atoms with Gasteiger partial charge >= 0.3 is 5.97 Å². The summed E-state index contributed by atoms with van der Waals surface area (Å²) < 4.78 is 16.2. The first kappa shape index (κ1) is 13.9. The third-order valence-corrected chi connectivity index (χ3v) is 4.00. The number of aliphatic hydroxyl groups is 1. The van der Waals surface area contributed by atoms with E-state index in [1.807, 2.05) is 0 Å². The van der Waals surface area contributed by atoms with E-state index in [2.05, 4.69) is 4.74 Å². The Labute approximate surface area is 101 Å². The van der Waals surface area contributed by atoms with Gasteiger partial charge < -0.3 is 14.4 Å². The van der Waals surface area contributed by atoms with Crippen molar-refractivity contribution < 1.29 is 19.2 Å². The van der Waals surface area contributed by atoms with Gasteiger partial charge in [-0.15, -0.1) is 0 Å². The van der Waals surface area contributed by atoms with Gasteiger partial charge in [-0.3, -0.25) is 0 Å². The molecular weight excluding hydrogens is 239 g/mol. The lowest BCUT2D eigenvalue weighted by Crippen LogP contribution is -2.24. The van der Waals surface area contributed by atoms with Gasteiger partial charge in [-0.05, 0) is 18.9 Å². The van der Waals surface area contributed by atoms with Crippen molar-refractivity contribution in [2.45, 2.75) is 12.5 Å². The van der Waals surface area contributed by atoms with Crippen molar-refractivity contribution in [1.82, 2.24) is 0 Å². The Morgan fingerprint density at radius 3 is 2.29 bits per heavy atom. The summed E-state index contributed by atoms with van der Waals surface area (Å²) in [5.74, 6) is -0.647. The Kier molecular flexibility index (Phi) is 4.49. The van der Waals surface area contributed by atoms with Gasteiger partial charge in [0.05, 0.1) is 7.11 Å². The van der Waals surface area contributed by atoms with Crippen LogP contribution in [0.25, 0.3) is 0 Å². The molecule has 1 unspecified atom stereocenters. The van der Waals surface area contributed by atoms with Gasteiger partial charge in [-0.1, -0.05) is 24.3 Å². The monoisotopic (exact) mass is 256 g/mol. The number of methoxy groups -OCH3 is 1. The van der Waals surface area contributed by atoms with Crippen LogP contribution < -0.4 is 5.30 Å². The van der Waals surface area contributed by atoms with Gasteiger partial charge in [0, 0.05) is 11.7 Å². The molecule has 0 aliphatic carbocycles. The normalized spacial score (nSPS) is 13.2. The lowest BCUT2D eigenvalue weighted by molar-refractivity contribution is -0.150. The first-order valence-electron chi connectivity index (χ1n) is 5.25. The minimum absolute atomic E-state index is 0.199. The number of carbonyl (C=O) groups excluding carboxylic acids is 1. The van der Waals surface area contributed by atoms with Gasteiger partial charge in [-0.2, -0.15) is 0 Å². The number of benzene rings is 1. The van der Waals surface area contributed by atoms with Crippen molar-refractivity contribution in [3.8, 4) is 0 Å². The molecule has 0 heterocycles. The SMILES string of the molecule is COC(=O)C(O)Cc1ccc(P(C)(C)=O)cc1. The molecule has 0 aromatic heterocycles. The molecule has 0 aliphatic heterocycles. The second-order valence-corrected chi connectivity index (χ2v) is 7.48. The number of hydrogen-bond donors (Lipinski definition) is 1. The Balaban J connectivity index is 2.76. The van der Waals surface area contributed by atoms with E-state index >= 15 is 0 Å². The van der Waals surface area contributed by atoms with Crippen molar-refractivity contribution in [3.63, 3.8) is 0 Å². The van der Waals surface area contributed by atoms with Crippen molar-refractivity contribution in [1.29, 1.82) is 0 Å². The lowest BCUT2D eigenvalue weighted by Gasteiger charge is -2.10. The highest BCUT2D eigenvalue weighted by atomic mass is 31.2. The molecule has 4 nitrogen and oxygen atoms in total. The lowest BCUT2D eigenvalue weighted by atomic mass is 10.1. The Morgan fingerprint density at radius 1 is 1.35 bits per heavy atom. The average molecular weight is 256 g/mol. The molecule has 1 N–H and O–H groups in total. The Bertz CT molecular complexity index is 432. The highest BCUT2D eigenvalue weighted by Gasteiger charge is 2.16. The topological polar surface area (TPSA) is 63.6 Å². The number of esters is 1. The first-order chi connectivity index (χ1) is 7.84. The summed E-state index contributed by atoms with van der Waals surface area (Å²) in [6.07, 6.45) is -0.953. The van der Waals surface area contributed by atoms with Crippen LogP contribution in [0.4, 0.5) is 0 Å². The van der Waals surface area contributed by atoms with Crippen LogP contribution in [-0.4, -0.2) is 37.6 Å². The van der Waals surface area contributed by atoms with Crippen LogP contribution in [-0.2, 0) is 20.5 Å². The Hall–Kier alpha value is -1.12. The molecule has 1 aromatic rings. The molecule has 0 amide bonds. The van der Waals surface area contributed by atoms with Crippen LogP contribution in [0, 0.1) is 0 Å². The highest BCUT2D eigenvalue weighted by molar-refractivity contribution is 7.70. The third kappa shape index (κ3) is 3.99. The highest BCUT2D eigenvalue weighted by Crippen LogP contribution is 2.34. The second-order valence-electron chi connectivity index (χ2n) is 4.26. The number of ether oxygens (including phenoxy) is 1. The second kappa shape index (κ2) is 5.48. The third-order valence-electron chi connectivity index (χ3n) is 2.46. The molecule has 1 atom stereocenters. The van der Waals surface area contributed by atoms with Crippen molar-refractivity contribution in [2.24, 2.45) is 0 Å². The summed E-state index contributed by atoms with van der Waals surface area (Å²) in [7, 11) is -1.02. The van der Waals surface area contributed by atoms with Crippen molar-refractivity contribution in [2.75, 3.05) is 20.4 Å².